The first-order valence-electron chi connectivity index (χ1n) is 16.6. The van der Waals surface area contributed by atoms with Gasteiger partial charge in [0.05, 0.1) is 29.2 Å². The van der Waals surface area contributed by atoms with Gasteiger partial charge in [-0.25, -0.2) is 4.99 Å². The number of aliphatic imine (C=N–C) groups is 2. The molecule has 1 atom stereocenters. The molecule has 1 heterocycles. The number of para-hydroxylation sites is 1. The summed E-state index contributed by atoms with van der Waals surface area (Å²) in [5, 5.41) is 11.9. The van der Waals surface area contributed by atoms with Crippen molar-refractivity contribution in [2.45, 2.75) is 39.2 Å². The van der Waals surface area contributed by atoms with Gasteiger partial charge in [-0.3, -0.25) is 4.99 Å². The number of amidine groups is 1. The molecule has 5 aromatic carbocycles. The van der Waals surface area contributed by atoms with Crippen LogP contribution in [0.3, 0.4) is 0 Å². The van der Waals surface area contributed by atoms with E-state index in [0.717, 1.165) is 29.1 Å². The highest BCUT2D eigenvalue weighted by atomic mass is 15.0. The van der Waals surface area contributed by atoms with E-state index in [0.29, 0.717) is 12.1 Å². The molecule has 0 aliphatic heterocycles. The molecular formula is C44H36N4. The van der Waals surface area contributed by atoms with E-state index >= 15 is 0 Å². The van der Waals surface area contributed by atoms with Crippen LogP contribution in [-0.2, 0) is 12.0 Å². The normalized spacial score (nSPS) is 18.0. The van der Waals surface area contributed by atoms with E-state index in [9.17, 15) is 5.26 Å². The van der Waals surface area contributed by atoms with Crippen LogP contribution in [0.2, 0.25) is 0 Å². The summed E-state index contributed by atoms with van der Waals surface area (Å²) < 4.78 is 2.44. The molecule has 0 bridgehead atoms. The van der Waals surface area contributed by atoms with E-state index in [1.165, 1.54) is 44.1 Å². The topological polar surface area (TPSA) is 53.4 Å². The second-order valence-corrected chi connectivity index (χ2v) is 13.6. The summed E-state index contributed by atoms with van der Waals surface area (Å²) >= 11 is 0. The number of aromatic nitrogens is 1. The molecule has 0 fully saturated rings. The summed E-state index contributed by atoms with van der Waals surface area (Å²) in [6.07, 6.45) is 11.3. The van der Waals surface area contributed by atoms with Crippen LogP contribution in [0.15, 0.2) is 143 Å². The van der Waals surface area contributed by atoms with Gasteiger partial charge in [-0.05, 0) is 71.5 Å². The Labute approximate surface area is 281 Å². The number of nitrogens with zero attached hydrogens (tertiary/aromatic N) is 4. The van der Waals surface area contributed by atoms with E-state index in [1.54, 1.807) is 0 Å². The van der Waals surface area contributed by atoms with Crippen molar-refractivity contribution < 1.29 is 0 Å². The van der Waals surface area contributed by atoms with Crippen LogP contribution in [0, 0.1) is 16.7 Å². The first-order chi connectivity index (χ1) is 23.4. The van der Waals surface area contributed by atoms with Crippen molar-refractivity contribution in [1.29, 1.82) is 5.26 Å². The highest BCUT2D eigenvalue weighted by Gasteiger charge is 2.37. The molecule has 6 aromatic rings. The fraction of sp³-hybridized carbons (Fsp3) is 0.159. The average Bonchev–Trinajstić information content (AvgIpc) is 3.57. The van der Waals surface area contributed by atoms with Gasteiger partial charge in [0.2, 0.25) is 0 Å². The van der Waals surface area contributed by atoms with Crippen molar-refractivity contribution >= 4 is 33.9 Å². The third kappa shape index (κ3) is 4.82. The lowest BCUT2D eigenvalue weighted by Crippen LogP contribution is -2.25. The van der Waals surface area contributed by atoms with Crippen molar-refractivity contribution in [3.05, 3.63) is 161 Å². The second kappa shape index (κ2) is 11.5. The lowest BCUT2D eigenvalue weighted by molar-refractivity contribution is 0.592. The minimum Gasteiger partial charge on any atom is -0.309 e. The van der Waals surface area contributed by atoms with E-state index in [2.05, 4.69) is 141 Å². The van der Waals surface area contributed by atoms with Crippen molar-refractivity contribution in [2.24, 2.45) is 15.4 Å². The zero-order valence-electron chi connectivity index (χ0n) is 27.5. The number of hydrogen-bond donors (Lipinski definition) is 0. The summed E-state index contributed by atoms with van der Waals surface area (Å²) in [5.74, 6) is 0.768. The van der Waals surface area contributed by atoms with Gasteiger partial charge < -0.3 is 4.57 Å². The molecule has 232 valence electrons. The third-order valence-corrected chi connectivity index (χ3v) is 10.1. The Bertz CT molecular complexity index is 2410. The van der Waals surface area contributed by atoms with Crippen molar-refractivity contribution in [3.63, 3.8) is 0 Å². The zero-order valence-corrected chi connectivity index (χ0v) is 27.5. The fourth-order valence-electron chi connectivity index (χ4n) is 7.56. The van der Waals surface area contributed by atoms with E-state index in [4.69, 9.17) is 9.98 Å². The van der Waals surface area contributed by atoms with E-state index < -0.39 is 0 Å². The number of rotatable bonds is 5. The standard InChI is InChI=1S/C44H36N4/c1-43(2)37-19-7-5-18-36(37)40-38(43)22-21-35-34-17-6-8-20-39(34)48(41(35)40)33-16-12-15-32(26-33)29-47-42(44(3)23-9-4-10-24-44)46-28-31-14-11-13-30(25-31)27-45/h4-23,25-26,29H,24,28H2,1-3H3. The van der Waals surface area contributed by atoms with Gasteiger partial charge >= 0.3 is 0 Å². The Morgan fingerprint density at radius 3 is 2.52 bits per heavy atom. The van der Waals surface area contributed by atoms with Gasteiger partial charge in [-0.1, -0.05) is 117 Å². The number of benzene rings is 5. The predicted molar refractivity (Wildman–Crippen MR) is 199 cm³/mol. The summed E-state index contributed by atoms with van der Waals surface area (Å²) in [4.78, 5) is 10.1. The van der Waals surface area contributed by atoms with Gasteiger partial charge in [-0.15, -0.1) is 0 Å². The largest absolute Gasteiger partial charge is 0.309 e. The number of hydrogen-bond acceptors (Lipinski definition) is 2. The molecule has 48 heavy (non-hydrogen) atoms. The van der Waals surface area contributed by atoms with Crippen molar-refractivity contribution in [1.82, 2.24) is 4.57 Å². The van der Waals surface area contributed by atoms with E-state index in [1.807, 2.05) is 30.5 Å². The highest BCUT2D eigenvalue weighted by Crippen LogP contribution is 2.52. The first kappa shape index (κ1) is 29.6. The predicted octanol–water partition coefficient (Wildman–Crippen LogP) is 10.5. The summed E-state index contributed by atoms with van der Waals surface area (Å²) in [5.41, 5.74) is 11.1. The molecule has 2 aliphatic rings. The monoisotopic (exact) mass is 620 g/mol. The number of fused-ring (bicyclic) bond motifs is 7. The third-order valence-electron chi connectivity index (χ3n) is 10.1. The average molecular weight is 621 g/mol. The summed E-state index contributed by atoms with van der Waals surface area (Å²) in [7, 11) is 0. The van der Waals surface area contributed by atoms with Crippen molar-refractivity contribution in [2.75, 3.05) is 0 Å². The molecule has 0 N–H and O–H groups in total. The Balaban J connectivity index is 1.26. The zero-order chi connectivity index (χ0) is 32.9. The van der Waals surface area contributed by atoms with Gasteiger partial charge in [0, 0.05) is 39.1 Å². The van der Waals surface area contributed by atoms with Crippen LogP contribution < -0.4 is 0 Å². The Morgan fingerprint density at radius 2 is 1.67 bits per heavy atom. The molecule has 1 aromatic heterocycles. The van der Waals surface area contributed by atoms with Crippen LogP contribution in [0.5, 0.6) is 0 Å². The number of nitriles is 1. The Kier molecular flexibility index (Phi) is 7.07. The Hall–Kier alpha value is -5.79. The first-order valence-corrected chi connectivity index (χ1v) is 16.6. The molecule has 2 aliphatic carbocycles. The minimum atomic E-state index is -0.330. The molecule has 0 spiro atoms. The van der Waals surface area contributed by atoms with E-state index in [-0.39, 0.29) is 10.8 Å². The quantitative estimate of drug-likeness (QED) is 0.140. The van der Waals surface area contributed by atoms with Crippen LogP contribution in [0.4, 0.5) is 0 Å². The molecule has 4 heteroatoms. The molecule has 0 radical (unpaired) electrons. The maximum absolute atomic E-state index is 9.39. The van der Waals surface area contributed by atoms with Crippen LogP contribution >= 0.6 is 0 Å². The SMILES string of the molecule is CC1(C(N=Cc2cccc(-n3c4ccccc4c4ccc5c(c43)-c3ccccc3C5(C)C)c2)=NCc2cccc(C#N)c2)C=CC=CC1. The second-order valence-electron chi connectivity index (χ2n) is 13.6. The lowest BCUT2D eigenvalue weighted by Gasteiger charge is -2.26. The molecule has 0 saturated carbocycles. The smallest absolute Gasteiger partial charge is 0.133 e. The molecule has 4 nitrogen and oxygen atoms in total. The van der Waals surface area contributed by atoms with Gasteiger partial charge in [0.25, 0.3) is 0 Å². The number of allylic oxidation sites excluding steroid dienone is 3. The highest BCUT2D eigenvalue weighted by molar-refractivity contribution is 6.15. The molecule has 1 unspecified atom stereocenters. The minimum absolute atomic E-state index is 0.0829. The summed E-state index contributed by atoms with van der Waals surface area (Å²) in [6, 6.07) is 40.8. The molecule has 0 amide bonds. The molecule has 0 saturated heterocycles. The fourth-order valence-corrected chi connectivity index (χ4v) is 7.56. The van der Waals surface area contributed by atoms with Gasteiger partial charge in [-0.2, -0.15) is 5.26 Å². The maximum Gasteiger partial charge on any atom is 0.133 e. The summed E-state index contributed by atoms with van der Waals surface area (Å²) in [6.45, 7) is 7.32. The van der Waals surface area contributed by atoms with Gasteiger partial charge in [0.15, 0.2) is 0 Å². The van der Waals surface area contributed by atoms with Gasteiger partial charge in [0.1, 0.15) is 5.84 Å². The van der Waals surface area contributed by atoms with Crippen LogP contribution in [0.1, 0.15) is 55.0 Å². The van der Waals surface area contributed by atoms with Crippen LogP contribution in [-0.4, -0.2) is 16.6 Å². The lowest BCUT2D eigenvalue weighted by atomic mass is 9.82. The van der Waals surface area contributed by atoms with Crippen molar-refractivity contribution in [3.8, 4) is 22.9 Å². The molecule has 8 rings (SSSR count). The van der Waals surface area contributed by atoms with Crippen LogP contribution in [0.25, 0.3) is 38.6 Å². The molecular weight excluding hydrogens is 585 g/mol. The Morgan fingerprint density at radius 1 is 0.833 bits per heavy atom. The maximum atomic E-state index is 9.39.